The van der Waals surface area contributed by atoms with Gasteiger partial charge < -0.3 is 19.7 Å². The third kappa shape index (κ3) is 1.63. The second-order valence-electron chi connectivity index (χ2n) is 9.22. The van der Waals surface area contributed by atoms with Crippen molar-refractivity contribution >= 4 is 5.78 Å². The van der Waals surface area contributed by atoms with Crippen LogP contribution in [0.3, 0.4) is 0 Å². The first-order valence-electron chi connectivity index (χ1n) is 9.35. The number of rotatable bonds is 0. The lowest BCUT2D eigenvalue weighted by molar-refractivity contribution is -0.334. The van der Waals surface area contributed by atoms with Gasteiger partial charge in [-0.1, -0.05) is 27.7 Å². The number of aliphatic hydroxyl groups is 2. The summed E-state index contributed by atoms with van der Waals surface area (Å²) in [6.45, 7) is 10.4. The Labute approximate surface area is 143 Å². The molecule has 2 aliphatic carbocycles. The van der Waals surface area contributed by atoms with E-state index in [0.717, 1.165) is 12.8 Å². The summed E-state index contributed by atoms with van der Waals surface area (Å²) in [5.41, 5.74) is -2.21. The average Bonchev–Trinajstić information content (AvgIpc) is 2.89. The molecule has 5 nitrogen and oxygen atoms in total. The van der Waals surface area contributed by atoms with Crippen molar-refractivity contribution in [3.8, 4) is 0 Å². The average molecular weight is 338 g/mol. The van der Waals surface area contributed by atoms with Crippen LogP contribution in [-0.4, -0.2) is 39.8 Å². The van der Waals surface area contributed by atoms with Gasteiger partial charge in [0.1, 0.15) is 5.78 Å². The lowest BCUT2D eigenvalue weighted by atomic mass is 9.65. The Morgan fingerprint density at radius 3 is 2.38 bits per heavy atom. The van der Waals surface area contributed by atoms with Gasteiger partial charge in [0.15, 0.2) is 11.6 Å². The van der Waals surface area contributed by atoms with E-state index in [9.17, 15) is 15.0 Å². The minimum absolute atomic E-state index is 0.0510. The van der Waals surface area contributed by atoms with Crippen LogP contribution in [0, 0.1) is 35.0 Å². The van der Waals surface area contributed by atoms with Gasteiger partial charge in [-0.15, -0.1) is 0 Å². The van der Waals surface area contributed by atoms with Crippen LogP contribution in [0.5, 0.6) is 0 Å². The highest BCUT2D eigenvalue weighted by molar-refractivity contribution is 5.92. The highest BCUT2D eigenvalue weighted by Crippen LogP contribution is 2.71. The summed E-state index contributed by atoms with van der Waals surface area (Å²) in [5.74, 6) is -2.78. The molecule has 2 heterocycles. The second kappa shape index (κ2) is 4.61. The summed E-state index contributed by atoms with van der Waals surface area (Å²) in [5, 5.41) is 22.7. The van der Waals surface area contributed by atoms with Crippen LogP contribution in [0.1, 0.15) is 53.9 Å². The van der Waals surface area contributed by atoms with E-state index in [4.69, 9.17) is 9.47 Å². The van der Waals surface area contributed by atoms with E-state index in [1.807, 2.05) is 27.7 Å². The molecule has 0 bridgehead atoms. The fourth-order valence-electron chi connectivity index (χ4n) is 6.48. The zero-order chi connectivity index (χ0) is 17.7. The molecule has 0 amide bonds. The van der Waals surface area contributed by atoms with E-state index in [0.29, 0.717) is 12.5 Å². The standard InChI is InChI=1S/C19H30O5/c1-10-6-7-19(23-8-10)13(4)14-16(5)15(20)11(2)12(3)17(16,21)9-18(14,22)24-19/h10-14,21-22H,6-9H2,1-5H3/t10?,11?,12?,13-,14+,16-,17-,18-,19+/m0/s1. The molecule has 24 heavy (non-hydrogen) atoms. The molecule has 4 fully saturated rings. The SMILES string of the molecule is CC1CC[C@@]2(OC1)O[C@@]1(O)C[C@]3(O)C(C)C(C)C(=O)[C@]3(C)[C@H]1[C@@H]2C. The highest BCUT2D eigenvalue weighted by Gasteiger charge is 2.82. The number of ketones is 1. The quantitative estimate of drug-likeness (QED) is 0.707. The topological polar surface area (TPSA) is 76.0 Å². The molecule has 3 unspecified atom stereocenters. The summed E-state index contributed by atoms with van der Waals surface area (Å²) in [4.78, 5) is 13.1. The first-order chi connectivity index (χ1) is 11.0. The Hall–Kier alpha value is -0.490. The predicted octanol–water partition coefficient (Wildman–Crippen LogP) is 2.10. The zero-order valence-electron chi connectivity index (χ0n) is 15.3. The van der Waals surface area contributed by atoms with Crippen LogP contribution in [0.2, 0.25) is 0 Å². The number of hydrogen-bond donors (Lipinski definition) is 2. The molecule has 2 saturated heterocycles. The van der Waals surface area contributed by atoms with Gasteiger partial charge in [-0.3, -0.25) is 4.79 Å². The Kier molecular flexibility index (Phi) is 3.26. The van der Waals surface area contributed by atoms with E-state index in [2.05, 4.69) is 6.92 Å². The molecule has 2 aliphatic heterocycles. The van der Waals surface area contributed by atoms with E-state index in [1.165, 1.54) is 0 Å². The van der Waals surface area contributed by atoms with E-state index < -0.39 is 28.5 Å². The monoisotopic (exact) mass is 338 g/mol. The first kappa shape index (κ1) is 17.0. The smallest absolute Gasteiger partial charge is 0.176 e. The van der Waals surface area contributed by atoms with E-state index >= 15 is 0 Å². The molecule has 136 valence electrons. The lowest BCUT2D eigenvalue weighted by Crippen LogP contribution is -2.52. The fraction of sp³-hybridized carbons (Fsp3) is 0.947. The summed E-state index contributed by atoms with van der Waals surface area (Å²) < 4.78 is 12.3. The minimum atomic E-state index is -1.49. The number of ether oxygens (including phenoxy) is 2. The Morgan fingerprint density at radius 2 is 1.79 bits per heavy atom. The van der Waals surface area contributed by atoms with Crippen molar-refractivity contribution in [2.75, 3.05) is 6.61 Å². The molecule has 0 aromatic rings. The molecular weight excluding hydrogens is 308 g/mol. The number of fused-ring (bicyclic) bond motifs is 3. The van der Waals surface area contributed by atoms with Gasteiger partial charge in [-0.2, -0.15) is 0 Å². The third-order valence-electron chi connectivity index (χ3n) is 8.10. The van der Waals surface area contributed by atoms with Crippen LogP contribution >= 0.6 is 0 Å². The van der Waals surface area contributed by atoms with Crippen molar-refractivity contribution in [2.24, 2.45) is 35.0 Å². The van der Waals surface area contributed by atoms with Crippen LogP contribution in [-0.2, 0) is 14.3 Å². The van der Waals surface area contributed by atoms with Gasteiger partial charge in [-0.25, -0.2) is 0 Å². The van der Waals surface area contributed by atoms with E-state index in [-0.39, 0.29) is 30.0 Å². The number of carbonyl (C=O) groups is 1. The van der Waals surface area contributed by atoms with Crippen molar-refractivity contribution in [1.82, 2.24) is 0 Å². The molecule has 5 heteroatoms. The molecule has 0 radical (unpaired) electrons. The van der Waals surface area contributed by atoms with Gasteiger partial charge in [0, 0.05) is 30.6 Å². The van der Waals surface area contributed by atoms with Crippen LogP contribution in [0.15, 0.2) is 0 Å². The maximum absolute atomic E-state index is 13.1. The van der Waals surface area contributed by atoms with Gasteiger partial charge in [0.05, 0.1) is 17.6 Å². The highest BCUT2D eigenvalue weighted by atomic mass is 16.8. The summed E-state index contributed by atoms with van der Waals surface area (Å²) in [6.07, 6.45) is 1.79. The maximum atomic E-state index is 13.1. The van der Waals surface area contributed by atoms with Gasteiger partial charge in [0.2, 0.25) is 0 Å². The molecular formula is C19H30O5. The minimum Gasteiger partial charge on any atom is -0.388 e. The maximum Gasteiger partial charge on any atom is 0.176 e. The van der Waals surface area contributed by atoms with Gasteiger partial charge in [0.25, 0.3) is 0 Å². The summed E-state index contributed by atoms with van der Waals surface area (Å²) in [6, 6.07) is 0. The fourth-order valence-corrected chi connectivity index (χ4v) is 6.48. The van der Waals surface area contributed by atoms with Gasteiger partial charge in [-0.05, 0) is 25.2 Å². The molecule has 0 aromatic carbocycles. The Balaban J connectivity index is 1.78. The summed E-state index contributed by atoms with van der Waals surface area (Å²) >= 11 is 0. The van der Waals surface area contributed by atoms with Crippen molar-refractivity contribution in [3.05, 3.63) is 0 Å². The Morgan fingerprint density at radius 1 is 1.12 bits per heavy atom. The molecule has 9 atom stereocenters. The van der Waals surface area contributed by atoms with E-state index in [1.54, 1.807) is 0 Å². The van der Waals surface area contributed by atoms with Crippen LogP contribution in [0.4, 0.5) is 0 Å². The normalized spacial score (nSPS) is 63.0. The first-order valence-corrected chi connectivity index (χ1v) is 9.35. The zero-order valence-corrected chi connectivity index (χ0v) is 15.3. The van der Waals surface area contributed by atoms with Crippen molar-refractivity contribution in [2.45, 2.75) is 71.1 Å². The lowest BCUT2D eigenvalue weighted by Gasteiger charge is -2.44. The van der Waals surface area contributed by atoms with Crippen molar-refractivity contribution in [1.29, 1.82) is 0 Å². The number of hydrogen-bond acceptors (Lipinski definition) is 5. The van der Waals surface area contributed by atoms with Gasteiger partial charge >= 0.3 is 0 Å². The summed E-state index contributed by atoms with van der Waals surface area (Å²) in [7, 11) is 0. The van der Waals surface area contributed by atoms with Crippen molar-refractivity contribution in [3.63, 3.8) is 0 Å². The Bertz CT molecular complexity index is 582. The molecule has 0 aromatic heterocycles. The second-order valence-corrected chi connectivity index (χ2v) is 9.22. The molecule has 2 N–H and O–H groups in total. The number of Topliss-reactive ketones (excluding diaryl/α,β-unsaturated/α-hetero) is 1. The molecule has 1 spiro atoms. The molecule has 4 rings (SSSR count). The number of carbonyl (C=O) groups excluding carboxylic acids is 1. The molecule has 2 saturated carbocycles. The van der Waals surface area contributed by atoms with Crippen LogP contribution in [0.25, 0.3) is 0 Å². The molecule has 4 aliphatic rings. The predicted molar refractivity (Wildman–Crippen MR) is 86.8 cm³/mol. The largest absolute Gasteiger partial charge is 0.388 e. The van der Waals surface area contributed by atoms with Crippen molar-refractivity contribution < 1.29 is 24.5 Å². The van der Waals surface area contributed by atoms with Crippen LogP contribution < -0.4 is 0 Å². The third-order valence-corrected chi connectivity index (χ3v) is 8.10.